The van der Waals surface area contributed by atoms with E-state index < -0.39 is 23.4 Å². The number of fused-ring (bicyclic) bond motifs is 1. The summed E-state index contributed by atoms with van der Waals surface area (Å²) in [6.07, 6.45) is 1.48. The summed E-state index contributed by atoms with van der Waals surface area (Å²) < 4.78 is 58.6. The Morgan fingerprint density at radius 1 is 1.07 bits per heavy atom. The number of aryl methyl sites for hydroxylation is 1. The number of benzene rings is 2. The molecule has 0 aliphatic carbocycles. The van der Waals surface area contributed by atoms with Gasteiger partial charge in [0.05, 0.1) is 41.5 Å². The molecule has 1 saturated heterocycles. The molecule has 44 heavy (non-hydrogen) atoms. The van der Waals surface area contributed by atoms with E-state index in [4.69, 9.17) is 14.5 Å². The Bertz CT molecular complexity index is 1910. The van der Waals surface area contributed by atoms with E-state index in [2.05, 4.69) is 9.97 Å². The quantitative estimate of drug-likeness (QED) is 0.211. The van der Waals surface area contributed by atoms with Crippen molar-refractivity contribution in [3.8, 4) is 17.1 Å². The van der Waals surface area contributed by atoms with Crippen molar-refractivity contribution in [1.29, 1.82) is 0 Å². The largest absolute Gasteiger partial charge is 0.478 e. The van der Waals surface area contributed by atoms with Gasteiger partial charge in [-0.05, 0) is 60.5 Å². The zero-order chi connectivity index (χ0) is 31.2. The fourth-order valence-corrected chi connectivity index (χ4v) is 5.47. The fourth-order valence-electron chi connectivity index (χ4n) is 5.47. The van der Waals surface area contributed by atoms with Gasteiger partial charge in [-0.3, -0.25) is 4.98 Å². The number of carbonyl (C=O) groups is 1. The molecule has 1 unspecified atom stereocenters. The smallest absolute Gasteiger partial charge is 0.335 e. The van der Waals surface area contributed by atoms with Crippen LogP contribution in [0.25, 0.3) is 22.3 Å². The van der Waals surface area contributed by atoms with Gasteiger partial charge in [-0.1, -0.05) is 19.9 Å². The molecule has 1 aliphatic heterocycles. The molecular weight excluding hydrogens is 573 g/mol. The van der Waals surface area contributed by atoms with Crippen LogP contribution in [0.2, 0.25) is 0 Å². The number of rotatable bonds is 8. The number of carboxylic acids is 1. The normalized spacial score (nSPS) is 16.0. The van der Waals surface area contributed by atoms with Gasteiger partial charge in [0, 0.05) is 29.7 Å². The maximum absolute atomic E-state index is 15.6. The van der Waals surface area contributed by atoms with Crippen LogP contribution in [0.15, 0.2) is 60.8 Å². The Labute approximate surface area is 251 Å². The third-order valence-corrected chi connectivity index (χ3v) is 7.87. The Kier molecular flexibility index (Phi) is 7.58. The monoisotopic (exact) mass is 602 g/mol. The molecule has 4 heterocycles. The van der Waals surface area contributed by atoms with Crippen molar-refractivity contribution in [2.75, 3.05) is 13.2 Å². The predicted octanol–water partition coefficient (Wildman–Crippen LogP) is 6.68. The molecule has 0 saturated carbocycles. The number of halogens is 3. The summed E-state index contributed by atoms with van der Waals surface area (Å²) in [5, 5.41) is 9.57. The van der Waals surface area contributed by atoms with Crippen molar-refractivity contribution in [3.05, 3.63) is 106 Å². The molecule has 11 heteroatoms. The predicted molar refractivity (Wildman–Crippen MR) is 156 cm³/mol. The van der Waals surface area contributed by atoms with Gasteiger partial charge in [0.25, 0.3) is 0 Å². The molecule has 0 amide bonds. The van der Waals surface area contributed by atoms with E-state index in [-0.39, 0.29) is 58.4 Å². The first-order valence-corrected chi connectivity index (χ1v) is 14.0. The lowest BCUT2D eigenvalue weighted by molar-refractivity contribution is 0.0697. The molecular formula is C33H29F3N4O4. The summed E-state index contributed by atoms with van der Waals surface area (Å²) in [5.41, 5.74) is 1.84. The molecule has 0 spiro atoms. The zero-order valence-corrected chi connectivity index (χ0v) is 24.3. The van der Waals surface area contributed by atoms with Crippen LogP contribution in [0.5, 0.6) is 5.88 Å². The molecule has 3 aromatic heterocycles. The van der Waals surface area contributed by atoms with E-state index in [0.717, 1.165) is 12.1 Å². The van der Waals surface area contributed by atoms with Crippen LogP contribution in [0.4, 0.5) is 13.2 Å². The summed E-state index contributed by atoms with van der Waals surface area (Å²) in [6, 6.07) is 12.6. The minimum atomic E-state index is -1.08. The number of imidazole rings is 1. The van der Waals surface area contributed by atoms with Crippen molar-refractivity contribution < 1.29 is 32.5 Å². The van der Waals surface area contributed by atoms with E-state index in [1.807, 2.05) is 18.4 Å². The summed E-state index contributed by atoms with van der Waals surface area (Å²) in [4.78, 5) is 24.7. The summed E-state index contributed by atoms with van der Waals surface area (Å²) in [5.74, 6) is -2.38. The second kappa shape index (κ2) is 11.4. The number of hydrogen-bond donors (Lipinski definition) is 1. The van der Waals surface area contributed by atoms with Crippen LogP contribution in [0.1, 0.15) is 52.9 Å². The van der Waals surface area contributed by atoms with E-state index in [9.17, 15) is 14.3 Å². The Morgan fingerprint density at radius 2 is 1.89 bits per heavy atom. The van der Waals surface area contributed by atoms with Crippen molar-refractivity contribution in [3.63, 3.8) is 0 Å². The van der Waals surface area contributed by atoms with Crippen molar-refractivity contribution >= 4 is 17.0 Å². The molecule has 1 N–H and O–H groups in total. The molecule has 8 nitrogen and oxygen atoms in total. The lowest BCUT2D eigenvalue weighted by atomic mass is 9.87. The van der Waals surface area contributed by atoms with E-state index in [0.29, 0.717) is 35.6 Å². The van der Waals surface area contributed by atoms with Crippen LogP contribution in [0, 0.1) is 29.8 Å². The molecule has 0 bridgehead atoms. The highest BCUT2D eigenvalue weighted by Gasteiger charge is 2.39. The van der Waals surface area contributed by atoms with Gasteiger partial charge in [-0.15, -0.1) is 0 Å². The molecule has 2 aromatic carbocycles. The van der Waals surface area contributed by atoms with Gasteiger partial charge in [0.2, 0.25) is 5.88 Å². The van der Waals surface area contributed by atoms with E-state index >= 15 is 8.78 Å². The first-order chi connectivity index (χ1) is 21.0. The highest BCUT2D eigenvalue weighted by atomic mass is 19.1. The average Bonchev–Trinajstić information content (AvgIpc) is 3.51. The molecule has 0 radical (unpaired) electrons. The van der Waals surface area contributed by atoms with Crippen LogP contribution in [-0.2, 0) is 17.8 Å². The number of ether oxygens (including phenoxy) is 2. The van der Waals surface area contributed by atoms with Gasteiger partial charge >= 0.3 is 5.97 Å². The number of aromatic carboxylic acids is 1. The van der Waals surface area contributed by atoms with Crippen LogP contribution in [-0.4, -0.2) is 43.8 Å². The summed E-state index contributed by atoms with van der Waals surface area (Å²) in [6.45, 7) is 6.47. The van der Waals surface area contributed by atoms with Crippen molar-refractivity contribution in [2.45, 2.75) is 39.8 Å². The van der Waals surface area contributed by atoms with Gasteiger partial charge < -0.3 is 19.1 Å². The van der Waals surface area contributed by atoms with E-state index in [1.54, 1.807) is 25.1 Å². The van der Waals surface area contributed by atoms with E-state index in [1.165, 1.54) is 30.5 Å². The highest BCUT2D eigenvalue weighted by molar-refractivity contribution is 5.92. The van der Waals surface area contributed by atoms with Crippen LogP contribution >= 0.6 is 0 Å². The summed E-state index contributed by atoms with van der Waals surface area (Å²) in [7, 11) is 0. The van der Waals surface area contributed by atoms with Crippen molar-refractivity contribution in [1.82, 2.24) is 19.5 Å². The fraction of sp³-hybridized carbons (Fsp3) is 0.273. The summed E-state index contributed by atoms with van der Waals surface area (Å²) >= 11 is 0. The maximum Gasteiger partial charge on any atom is 0.335 e. The number of aromatic nitrogens is 4. The van der Waals surface area contributed by atoms with Gasteiger partial charge in [-0.25, -0.2) is 27.9 Å². The number of carboxylic acid groups (broad SMARTS) is 1. The lowest BCUT2D eigenvalue weighted by Gasteiger charge is -2.28. The SMILES string of the molecule is Cc1cnc(COc2cccc(-c3cc(F)c(Cc4nc5ccc(C(=O)O)cc5n4C4COCC4(C)C)cc3F)n2)c(F)c1. The Hall–Kier alpha value is -4.77. The number of hydrogen-bond acceptors (Lipinski definition) is 6. The second-order valence-corrected chi connectivity index (χ2v) is 11.6. The van der Waals surface area contributed by atoms with Gasteiger partial charge in [0.15, 0.2) is 0 Å². The average molecular weight is 603 g/mol. The number of pyridine rings is 2. The molecule has 1 fully saturated rings. The molecule has 1 aliphatic rings. The minimum absolute atomic E-state index is 0.0433. The maximum atomic E-state index is 15.6. The third kappa shape index (κ3) is 5.62. The highest BCUT2D eigenvalue weighted by Crippen LogP contribution is 2.40. The van der Waals surface area contributed by atoms with Crippen LogP contribution < -0.4 is 4.74 Å². The Balaban J connectivity index is 1.31. The molecule has 226 valence electrons. The van der Waals surface area contributed by atoms with Gasteiger partial charge in [0.1, 0.15) is 35.6 Å². The first kappa shape index (κ1) is 29.3. The topological polar surface area (TPSA) is 99.4 Å². The standard InChI is InChI=1S/C33H29F3N4O4/c1-18-9-24(36)27(37-14-18)15-44-31-6-4-5-25(39-31)21-13-22(34)20(10-23(21)35)12-30-38-26-8-7-19(32(41)42)11-28(26)40(30)29-16-43-17-33(29,2)3/h4-11,13-14,29H,12,15-17H2,1-3H3,(H,41,42). The first-order valence-electron chi connectivity index (χ1n) is 14.0. The third-order valence-electron chi connectivity index (χ3n) is 7.87. The molecule has 1 atom stereocenters. The lowest BCUT2D eigenvalue weighted by Crippen LogP contribution is -2.27. The van der Waals surface area contributed by atoms with Crippen molar-refractivity contribution in [2.24, 2.45) is 5.41 Å². The molecule has 5 aromatic rings. The molecule has 6 rings (SSSR count). The zero-order valence-electron chi connectivity index (χ0n) is 24.3. The second-order valence-electron chi connectivity index (χ2n) is 11.6. The Morgan fingerprint density at radius 3 is 2.61 bits per heavy atom. The van der Waals surface area contributed by atoms with Gasteiger partial charge in [-0.2, -0.15) is 0 Å². The minimum Gasteiger partial charge on any atom is -0.478 e. The van der Waals surface area contributed by atoms with Crippen LogP contribution in [0.3, 0.4) is 0 Å². The number of nitrogens with zero attached hydrogens (tertiary/aromatic N) is 4.